The Bertz CT molecular complexity index is 782. The Morgan fingerprint density at radius 2 is 2.00 bits per heavy atom. The summed E-state index contributed by atoms with van der Waals surface area (Å²) >= 11 is 0. The molecule has 1 heterocycles. The maximum atomic E-state index is 12.1. The summed E-state index contributed by atoms with van der Waals surface area (Å²) in [6.07, 6.45) is 0. The van der Waals surface area contributed by atoms with Crippen molar-refractivity contribution in [1.29, 1.82) is 0 Å². The van der Waals surface area contributed by atoms with Gasteiger partial charge in [0, 0.05) is 18.2 Å². The molecule has 112 valence electrons. The highest BCUT2D eigenvalue weighted by Crippen LogP contribution is 2.41. The Hall–Kier alpha value is -2.82. The van der Waals surface area contributed by atoms with Gasteiger partial charge in [-0.25, -0.2) is 0 Å². The van der Waals surface area contributed by atoms with Gasteiger partial charge in [-0.3, -0.25) is 9.59 Å². The van der Waals surface area contributed by atoms with E-state index < -0.39 is 5.92 Å². The van der Waals surface area contributed by atoms with Gasteiger partial charge in [0.2, 0.25) is 5.91 Å². The lowest BCUT2D eigenvalue weighted by Crippen LogP contribution is -2.12. The second-order valence-corrected chi connectivity index (χ2v) is 5.33. The van der Waals surface area contributed by atoms with Gasteiger partial charge >= 0.3 is 5.97 Å². The molecule has 0 aliphatic carbocycles. The molecule has 1 atom stereocenters. The molecule has 1 unspecified atom stereocenters. The number of phenols is 1. The molecule has 1 amide bonds. The van der Waals surface area contributed by atoms with Crippen LogP contribution in [0.5, 0.6) is 11.5 Å². The van der Waals surface area contributed by atoms with E-state index in [1.54, 1.807) is 24.3 Å². The molecule has 22 heavy (non-hydrogen) atoms. The molecule has 2 aromatic carbocycles. The Balaban J connectivity index is 2.02. The van der Waals surface area contributed by atoms with Gasteiger partial charge in [0.05, 0.1) is 0 Å². The fourth-order valence-corrected chi connectivity index (χ4v) is 2.66. The fourth-order valence-electron chi connectivity index (χ4n) is 2.66. The number of esters is 1. The highest BCUT2D eigenvalue weighted by Gasteiger charge is 2.34. The van der Waals surface area contributed by atoms with Crippen molar-refractivity contribution in [2.75, 3.05) is 5.32 Å². The van der Waals surface area contributed by atoms with Crippen LogP contribution in [0.25, 0.3) is 0 Å². The molecule has 0 spiro atoms. The van der Waals surface area contributed by atoms with Crippen molar-refractivity contribution >= 4 is 17.6 Å². The standard InChI is InChI=1S/C17H15NO4/c1-9-7-11(3-5-14(9)18-10(2)19)16-13-8-12(20)4-6-15(13)22-17(16)21/h3-8,16,20H,1-2H3,(H,18,19). The van der Waals surface area contributed by atoms with E-state index in [-0.39, 0.29) is 17.6 Å². The van der Waals surface area contributed by atoms with Gasteiger partial charge in [-0.1, -0.05) is 12.1 Å². The van der Waals surface area contributed by atoms with Crippen molar-refractivity contribution in [3.63, 3.8) is 0 Å². The summed E-state index contributed by atoms with van der Waals surface area (Å²) in [5.74, 6) is -0.518. The van der Waals surface area contributed by atoms with Gasteiger partial charge < -0.3 is 15.2 Å². The highest BCUT2D eigenvalue weighted by molar-refractivity contribution is 5.91. The van der Waals surface area contributed by atoms with E-state index in [0.29, 0.717) is 17.0 Å². The fraction of sp³-hybridized carbons (Fsp3) is 0.176. The van der Waals surface area contributed by atoms with Crippen LogP contribution in [0.3, 0.4) is 0 Å². The number of carbonyl (C=O) groups is 2. The van der Waals surface area contributed by atoms with Crippen LogP contribution in [-0.4, -0.2) is 17.0 Å². The number of anilines is 1. The normalized spacial score (nSPS) is 16.1. The number of fused-ring (bicyclic) bond motifs is 1. The maximum absolute atomic E-state index is 12.1. The van der Waals surface area contributed by atoms with Crippen molar-refractivity contribution in [1.82, 2.24) is 0 Å². The first-order chi connectivity index (χ1) is 10.5. The number of benzene rings is 2. The lowest BCUT2D eigenvalue weighted by atomic mass is 9.91. The van der Waals surface area contributed by atoms with Gasteiger partial charge in [0.15, 0.2) is 0 Å². The third-order valence-corrected chi connectivity index (χ3v) is 3.65. The van der Waals surface area contributed by atoms with Gasteiger partial charge in [0.1, 0.15) is 17.4 Å². The minimum absolute atomic E-state index is 0.0913. The zero-order valence-electron chi connectivity index (χ0n) is 12.2. The van der Waals surface area contributed by atoms with E-state index in [4.69, 9.17) is 4.74 Å². The summed E-state index contributed by atoms with van der Waals surface area (Å²) < 4.78 is 5.24. The lowest BCUT2D eigenvalue weighted by Gasteiger charge is -2.12. The van der Waals surface area contributed by atoms with Crippen molar-refractivity contribution < 1.29 is 19.4 Å². The average molecular weight is 297 g/mol. The van der Waals surface area contributed by atoms with Crippen LogP contribution in [-0.2, 0) is 9.59 Å². The van der Waals surface area contributed by atoms with Gasteiger partial charge in [0.25, 0.3) is 0 Å². The number of phenolic OH excluding ortho intramolecular Hbond substituents is 1. The van der Waals surface area contributed by atoms with E-state index >= 15 is 0 Å². The third kappa shape index (κ3) is 2.41. The minimum Gasteiger partial charge on any atom is -0.508 e. The number of nitrogens with one attached hydrogen (secondary N) is 1. The zero-order valence-corrected chi connectivity index (χ0v) is 12.2. The first kappa shape index (κ1) is 14.1. The van der Waals surface area contributed by atoms with Crippen LogP contribution in [0.2, 0.25) is 0 Å². The molecule has 0 bridgehead atoms. The van der Waals surface area contributed by atoms with Crippen LogP contribution in [0.1, 0.15) is 29.5 Å². The smallest absolute Gasteiger partial charge is 0.323 e. The Labute approximate surface area is 127 Å². The third-order valence-electron chi connectivity index (χ3n) is 3.65. The number of carbonyl (C=O) groups excluding carboxylic acids is 2. The Morgan fingerprint density at radius 3 is 2.68 bits per heavy atom. The Kier molecular flexibility index (Phi) is 3.33. The first-order valence-corrected chi connectivity index (χ1v) is 6.88. The molecule has 5 heteroatoms. The number of rotatable bonds is 2. The summed E-state index contributed by atoms with van der Waals surface area (Å²) in [5.41, 5.74) is 2.98. The predicted octanol–water partition coefficient (Wildman–Crippen LogP) is 2.71. The highest BCUT2D eigenvalue weighted by atomic mass is 16.5. The van der Waals surface area contributed by atoms with Gasteiger partial charge in [-0.05, 0) is 42.3 Å². The summed E-state index contributed by atoms with van der Waals surface area (Å²) in [5, 5.41) is 12.4. The van der Waals surface area contributed by atoms with E-state index in [9.17, 15) is 14.7 Å². The second kappa shape index (κ2) is 5.18. The number of amides is 1. The van der Waals surface area contributed by atoms with E-state index in [1.165, 1.54) is 13.0 Å². The Morgan fingerprint density at radius 1 is 1.23 bits per heavy atom. The molecule has 0 saturated heterocycles. The van der Waals surface area contributed by atoms with Crippen LogP contribution >= 0.6 is 0 Å². The molecule has 0 radical (unpaired) electrons. The molecule has 1 aliphatic heterocycles. The molecular weight excluding hydrogens is 282 g/mol. The quantitative estimate of drug-likeness (QED) is 0.660. The van der Waals surface area contributed by atoms with E-state index in [0.717, 1.165) is 11.1 Å². The molecule has 2 N–H and O–H groups in total. The summed E-state index contributed by atoms with van der Waals surface area (Å²) in [7, 11) is 0. The minimum atomic E-state index is -0.563. The number of ether oxygens (including phenoxy) is 1. The number of hydrogen-bond donors (Lipinski definition) is 2. The molecule has 1 aliphatic rings. The van der Waals surface area contributed by atoms with Crippen molar-refractivity contribution in [3.8, 4) is 11.5 Å². The average Bonchev–Trinajstić information content (AvgIpc) is 2.76. The van der Waals surface area contributed by atoms with Crippen LogP contribution in [0.4, 0.5) is 5.69 Å². The monoisotopic (exact) mass is 297 g/mol. The second-order valence-electron chi connectivity index (χ2n) is 5.33. The van der Waals surface area contributed by atoms with Crippen molar-refractivity contribution in [3.05, 3.63) is 53.1 Å². The molecule has 0 saturated carbocycles. The molecule has 0 aromatic heterocycles. The van der Waals surface area contributed by atoms with Crippen molar-refractivity contribution in [2.24, 2.45) is 0 Å². The maximum Gasteiger partial charge on any atom is 0.323 e. The largest absolute Gasteiger partial charge is 0.508 e. The molecule has 2 aromatic rings. The van der Waals surface area contributed by atoms with E-state index in [2.05, 4.69) is 5.32 Å². The SMILES string of the molecule is CC(=O)Nc1ccc(C2C(=O)Oc3ccc(O)cc32)cc1C. The summed E-state index contributed by atoms with van der Waals surface area (Å²) in [4.78, 5) is 23.3. The van der Waals surface area contributed by atoms with Crippen LogP contribution in [0.15, 0.2) is 36.4 Å². The molecule has 3 rings (SSSR count). The molecule has 0 fully saturated rings. The summed E-state index contributed by atoms with van der Waals surface area (Å²) in [6, 6.07) is 10.0. The first-order valence-electron chi connectivity index (χ1n) is 6.88. The van der Waals surface area contributed by atoms with Gasteiger partial charge in [-0.2, -0.15) is 0 Å². The van der Waals surface area contributed by atoms with Crippen molar-refractivity contribution in [2.45, 2.75) is 19.8 Å². The number of aromatic hydroxyl groups is 1. The molecular formula is C17H15NO4. The summed E-state index contributed by atoms with van der Waals surface area (Å²) in [6.45, 7) is 3.30. The zero-order chi connectivity index (χ0) is 15.9. The lowest BCUT2D eigenvalue weighted by molar-refractivity contribution is -0.133. The van der Waals surface area contributed by atoms with Crippen LogP contribution in [0, 0.1) is 6.92 Å². The molecule has 5 nitrogen and oxygen atoms in total. The topological polar surface area (TPSA) is 75.6 Å². The van der Waals surface area contributed by atoms with Crippen LogP contribution < -0.4 is 10.1 Å². The van der Waals surface area contributed by atoms with E-state index in [1.807, 2.05) is 13.0 Å². The van der Waals surface area contributed by atoms with Gasteiger partial charge in [-0.15, -0.1) is 0 Å². The number of hydrogen-bond acceptors (Lipinski definition) is 4. The predicted molar refractivity (Wildman–Crippen MR) is 81.1 cm³/mol. The number of aryl methyl sites for hydroxylation is 1.